The van der Waals surface area contributed by atoms with Crippen LogP contribution < -0.4 is 4.74 Å². The summed E-state index contributed by atoms with van der Waals surface area (Å²) in [6.45, 7) is 4.55. The Kier molecular flexibility index (Phi) is 5.84. The van der Waals surface area contributed by atoms with Crippen LogP contribution in [-0.4, -0.2) is 34.0 Å². The molecule has 29 heavy (non-hydrogen) atoms. The number of rotatable bonds is 8. The van der Waals surface area contributed by atoms with Crippen LogP contribution in [0.5, 0.6) is 5.75 Å². The number of carbonyl (C=O) groups excluding carboxylic acids is 1. The molecule has 5 heteroatoms. The van der Waals surface area contributed by atoms with Gasteiger partial charge >= 0.3 is 0 Å². The van der Waals surface area contributed by atoms with Crippen LogP contribution >= 0.6 is 0 Å². The number of hydrogen-bond acceptors (Lipinski definition) is 3. The van der Waals surface area contributed by atoms with Gasteiger partial charge in [-0.25, -0.2) is 4.98 Å². The maximum absolute atomic E-state index is 12.7. The lowest BCUT2D eigenvalue weighted by molar-refractivity contribution is -0.128. The van der Waals surface area contributed by atoms with Gasteiger partial charge in [-0.15, -0.1) is 0 Å². The summed E-state index contributed by atoms with van der Waals surface area (Å²) >= 11 is 0. The van der Waals surface area contributed by atoms with Gasteiger partial charge < -0.3 is 14.2 Å². The predicted octanol–water partition coefficient (Wildman–Crippen LogP) is 4.75. The first-order chi connectivity index (χ1) is 14.2. The summed E-state index contributed by atoms with van der Waals surface area (Å²) in [4.78, 5) is 19.6. The van der Waals surface area contributed by atoms with Gasteiger partial charge in [0.25, 0.3) is 0 Å². The van der Waals surface area contributed by atoms with Crippen molar-refractivity contribution in [3.63, 3.8) is 0 Å². The monoisotopic (exact) mass is 391 g/mol. The van der Waals surface area contributed by atoms with E-state index in [1.807, 2.05) is 35.2 Å². The van der Waals surface area contributed by atoms with Crippen molar-refractivity contribution in [2.75, 3.05) is 13.7 Å². The molecule has 1 unspecified atom stereocenters. The van der Waals surface area contributed by atoms with Gasteiger partial charge in [0.2, 0.25) is 5.91 Å². The summed E-state index contributed by atoms with van der Waals surface area (Å²) in [6, 6.07) is 16.3. The predicted molar refractivity (Wildman–Crippen MR) is 115 cm³/mol. The van der Waals surface area contributed by atoms with Crippen LogP contribution in [0.1, 0.15) is 49.9 Å². The van der Waals surface area contributed by atoms with E-state index in [0.29, 0.717) is 13.0 Å². The van der Waals surface area contributed by atoms with Crippen LogP contribution in [0.2, 0.25) is 0 Å². The number of methoxy groups -OCH3 is 1. The van der Waals surface area contributed by atoms with Crippen LogP contribution in [0.25, 0.3) is 11.0 Å². The fourth-order valence-electron chi connectivity index (χ4n) is 4.21. The second-order valence-electron chi connectivity index (χ2n) is 7.84. The molecule has 1 atom stereocenters. The van der Waals surface area contributed by atoms with Crippen molar-refractivity contribution in [1.82, 2.24) is 14.5 Å². The molecule has 5 nitrogen and oxygen atoms in total. The fourth-order valence-corrected chi connectivity index (χ4v) is 4.21. The Labute approximate surface area is 172 Å². The number of hydrogen-bond donors (Lipinski definition) is 0. The van der Waals surface area contributed by atoms with Gasteiger partial charge in [0, 0.05) is 32.0 Å². The number of benzene rings is 2. The molecule has 0 N–H and O–H groups in total. The lowest BCUT2D eigenvalue weighted by atomic mass is 10.1. The number of aromatic nitrogens is 2. The summed E-state index contributed by atoms with van der Waals surface area (Å²) in [5.41, 5.74) is 3.33. The molecule has 152 valence electrons. The summed E-state index contributed by atoms with van der Waals surface area (Å²) in [5, 5.41) is 0. The minimum Gasteiger partial charge on any atom is -0.497 e. The van der Waals surface area contributed by atoms with E-state index in [4.69, 9.17) is 9.72 Å². The number of amides is 1. The smallest absolute Gasteiger partial charge is 0.223 e. The first kappa shape index (κ1) is 19.5. The van der Waals surface area contributed by atoms with Crippen LogP contribution in [0.4, 0.5) is 0 Å². The minimum atomic E-state index is 0.148. The first-order valence-corrected chi connectivity index (χ1v) is 10.6. The Hall–Kier alpha value is -2.82. The van der Waals surface area contributed by atoms with E-state index in [1.54, 1.807) is 7.11 Å². The van der Waals surface area contributed by atoms with E-state index >= 15 is 0 Å². The molecule has 2 heterocycles. The van der Waals surface area contributed by atoms with Crippen molar-refractivity contribution in [2.45, 2.75) is 51.6 Å². The second-order valence-corrected chi connectivity index (χ2v) is 7.84. The van der Waals surface area contributed by atoms with Gasteiger partial charge in [0.15, 0.2) is 0 Å². The average Bonchev–Trinajstić information content (AvgIpc) is 3.29. The van der Waals surface area contributed by atoms with E-state index in [0.717, 1.165) is 42.2 Å². The third-order valence-corrected chi connectivity index (χ3v) is 5.78. The molecule has 0 aliphatic carbocycles. The number of imidazole rings is 1. The molecule has 0 spiro atoms. The summed E-state index contributed by atoms with van der Waals surface area (Å²) in [7, 11) is 1.66. The zero-order valence-corrected chi connectivity index (χ0v) is 17.3. The Bertz CT molecular complexity index is 977. The molecule has 0 saturated carbocycles. The normalized spacial score (nSPS) is 16.7. The van der Waals surface area contributed by atoms with Gasteiger partial charge in [-0.05, 0) is 36.2 Å². The van der Waals surface area contributed by atoms with Crippen molar-refractivity contribution in [3.05, 3.63) is 59.9 Å². The highest BCUT2D eigenvalue weighted by molar-refractivity contribution is 5.81. The third kappa shape index (κ3) is 4.14. The molecule has 1 fully saturated rings. The molecule has 1 aromatic heterocycles. The SMILES string of the molecule is CCCCCn1c(C2CC(=O)N(Cc3ccc(OC)cc3)C2)nc2ccccc21. The van der Waals surface area contributed by atoms with E-state index in [1.165, 1.54) is 18.4 Å². The number of ether oxygens (including phenoxy) is 1. The number of unbranched alkanes of at least 4 members (excludes halogenated alkanes) is 2. The molecule has 1 saturated heterocycles. The summed E-state index contributed by atoms with van der Waals surface area (Å²) < 4.78 is 7.57. The largest absolute Gasteiger partial charge is 0.497 e. The number of nitrogens with zero attached hydrogens (tertiary/aromatic N) is 3. The lowest BCUT2D eigenvalue weighted by Gasteiger charge is -2.17. The molecule has 3 aromatic rings. The molecular formula is C24H29N3O2. The quantitative estimate of drug-likeness (QED) is 0.521. The first-order valence-electron chi connectivity index (χ1n) is 10.6. The minimum absolute atomic E-state index is 0.148. The van der Waals surface area contributed by atoms with Gasteiger partial charge in [-0.2, -0.15) is 0 Å². The van der Waals surface area contributed by atoms with Crippen molar-refractivity contribution in [2.24, 2.45) is 0 Å². The van der Waals surface area contributed by atoms with Crippen LogP contribution in [-0.2, 0) is 17.9 Å². The van der Waals surface area contributed by atoms with Crippen molar-refractivity contribution in [3.8, 4) is 5.75 Å². The van der Waals surface area contributed by atoms with Crippen molar-refractivity contribution < 1.29 is 9.53 Å². The van der Waals surface area contributed by atoms with E-state index in [9.17, 15) is 4.79 Å². The highest BCUT2D eigenvalue weighted by Crippen LogP contribution is 2.31. The van der Waals surface area contributed by atoms with Crippen LogP contribution in [0.3, 0.4) is 0 Å². The highest BCUT2D eigenvalue weighted by atomic mass is 16.5. The number of fused-ring (bicyclic) bond motifs is 1. The zero-order valence-electron chi connectivity index (χ0n) is 17.3. The zero-order chi connectivity index (χ0) is 20.2. The molecule has 1 aliphatic rings. The van der Waals surface area contributed by atoms with Gasteiger partial charge in [0.05, 0.1) is 18.1 Å². The topological polar surface area (TPSA) is 47.4 Å². The summed E-state index contributed by atoms with van der Waals surface area (Å²) in [6.07, 6.45) is 4.08. The molecule has 1 aliphatic heterocycles. The Morgan fingerprint density at radius 3 is 2.66 bits per heavy atom. The third-order valence-electron chi connectivity index (χ3n) is 5.78. The molecule has 1 amide bonds. The van der Waals surface area contributed by atoms with Gasteiger partial charge in [0.1, 0.15) is 11.6 Å². The fraction of sp³-hybridized carbons (Fsp3) is 0.417. The number of aryl methyl sites for hydroxylation is 1. The number of likely N-dealkylation sites (tertiary alicyclic amines) is 1. The van der Waals surface area contributed by atoms with Gasteiger partial charge in [-0.3, -0.25) is 4.79 Å². The average molecular weight is 392 g/mol. The molecule has 4 rings (SSSR count). The molecular weight excluding hydrogens is 362 g/mol. The Morgan fingerprint density at radius 2 is 1.90 bits per heavy atom. The maximum atomic E-state index is 12.7. The standard InChI is InChI=1S/C24H29N3O2/c1-3-4-7-14-27-22-9-6-5-8-21(22)25-24(27)19-15-23(28)26(17-19)16-18-10-12-20(29-2)13-11-18/h5-6,8-13,19H,3-4,7,14-17H2,1-2H3. The van der Waals surface area contributed by atoms with Crippen LogP contribution in [0.15, 0.2) is 48.5 Å². The highest BCUT2D eigenvalue weighted by Gasteiger charge is 2.33. The van der Waals surface area contributed by atoms with Crippen molar-refractivity contribution >= 4 is 16.9 Å². The molecule has 0 bridgehead atoms. The van der Waals surface area contributed by atoms with Gasteiger partial charge in [-0.1, -0.05) is 44.0 Å². The Balaban J connectivity index is 1.54. The van der Waals surface area contributed by atoms with Crippen LogP contribution in [0, 0.1) is 0 Å². The second kappa shape index (κ2) is 8.68. The molecule has 0 radical (unpaired) electrons. The summed E-state index contributed by atoms with van der Waals surface area (Å²) in [5.74, 6) is 2.25. The number of para-hydroxylation sites is 2. The number of carbonyl (C=O) groups is 1. The van der Waals surface area contributed by atoms with E-state index in [-0.39, 0.29) is 11.8 Å². The molecule has 2 aromatic carbocycles. The maximum Gasteiger partial charge on any atom is 0.223 e. The van der Waals surface area contributed by atoms with Crippen molar-refractivity contribution in [1.29, 1.82) is 0 Å². The van der Waals surface area contributed by atoms with E-state index in [2.05, 4.69) is 29.7 Å². The Morgan fingerprint density at radius 1 is 1.10 bits per heavy atom. The van der Waals surface area contributed by atoms with E-state index < -0.39 is 0 Å². The lowest BCUT2D eigenvalue weighted by Crippen LogP contribution is -2.24.